The van der Waals surface area contributed by atoms with E-state index < -0.39 is 0 Å². The van der Waals surface area contributed by atoms with E-state index in [1.54, 1.807) is 0 Å². The Hall–Kier alpha value is -0.530. The first-order valence-electron chi connectivity index (χ1n) is 6.81. The highest BCUT2D eigenvalue weighted by molar-refractivity contribution is 5.69. The Morgan fingerprint density at radius 3 is 2.50 bits per heavy atom. The standard InChI is InChI=1S/C14H24O2/c1-4-13(15)16-14(3,5-2)12-9-10-6-7-11(12)8-10/h10-12H,4-9H2,1-3H3. The molecule has 2 rings (SSSR count). The normalized spacial score (nSPS) is 36.1. The molecule has 0 aromatic heterocycles. The minimum atomic E-state index is -0.201. The summed E-state index contributed by atoms with van der Waals surface area (Å²) in [4.78, 5) is 11.5. The number of carbonyl (C=O) groups excluding carboxylic acids is 1. The van der Waals surface area contributed by atoms with Gasteiger partial charge in [0, 0.05) is 12.3 Å². The summed E-state index contributed by atoms with van der Waals surface area (Å²) in [6.07, 6.45) is 6.87. The van der Waals surface area contributed by atoms with Crippen LogP contribution in [0, 0.1) is 17.8 Å². The molecular formula is C14H24O2. The lowest BCUT2D eigenvalue weighted by atomic mass is 9.75. The van der Waals surface area contributed by atoms with E-state index in [-0.39, 0.29) is 11.6 Å². The van der Waals surface area contributed by atoms with Crippen LogP contribution in [0.1, 0.15) is 59.3 Å². The molecule has 4 unspecified atom stereocenters. The van der Waals surface area contributed by atoms with Crippen molar-refractivity contribution >= 4 is 5.97 Å². The van der Waals surface area contributed by atoms with Crippen LogP contribution in [0.5, 0.6) is 0 Å². The molecule has 4 atom stereocenters. The molecule has 0 aromatic rings. The van der Waals surface area contributed by atoms with Crippen LogP contribution in [-0.2, 0) is 9.53 Å². The molecule has 2 aliphatic rings. The SMILES string of the molecule is CCC(=O)OC(C)(CC)C1CC2CCC1C2. The van der Waals surface area contributed by atoms with E-state index in [4.69, 9.17) is 4.74 Å². The molecule has 2 nitrogen and oxygen atoms in total. The fraction of sp³-hybridized carbons (Fsp3) is 0.929. The summed E-state index contributed by atoms with van der Waals surface area (Å²) in [7, 11) is 0. The molecular weight excluding hydrogens is 200 g/mol. The summed E-state index contributed by atoms with van der Waals surface area (Å²) in [5.74, 6) is 2.32. The maximum absolute atomic E-state index is 11.5. The third-order valence-corrected chi connectivity index (χ3v) is 4.86. The van der Waals surface area contributed by atoms with E-state index in [9.17, 15) is 4.79 Å². The van der Waals surface area contributed by atoms with Gasteiger partial charge in [-0.3, -0.25) is 4.79 Å². The Bertz CT molecular complexity index is 274. The first-order chi connectivity index (χ1) is 7.59. The predicted octanol–water partition coefficient (Wildman–Crippen LogP) is 3.54. The van der Waals surface area contributed by atoms with Crippen LogP contribution in [0.3, 0.4) is 0 Å². The van der Waals surface area contributed by atoms with Crippen molar-refractivity contribution < 1.29 is 9.53 Å². The number of fused-ring (bicyclic) bond motifs is 2. The van der Waals surface area contributed by atoms with Crippen LogP contribution in [0.4, 0.5) is 0 Å². The third kappa shape index (κ3) is 1.99. The molecule has 0 spiro atoms. The number of rotatable bonds is 4. The van der Waals surface area contributed by atoms with Gasteiger partial charge in [0.1, 0.15) is 5.60 Å². The molecule has 0 aliphatic heterocycles. The number of ether oxygens (including phenoxy) is 1. The van der Waals surface area contributed by atoms with Gasteiger partial charge in [0.15, 0.2) is 0 Å². The lowest BCUT2D eigenvalue weighted by molar-refractivity contribution is -0.166. The van der Waals surface area contributed by atoms with Crippen molar-refractivity contribution in [1.82, 2.24) is 0 Å². The second kappa shape index (κ2) is 4.38. The molecule has 2 saturated carbocycles. The molecule has 2 aliphatic carbocycles. The molecule has 16 heavy (non-hydrogen) atoms. The van der Waals surface area contributed by atoms with Gasteiger partial charge in [-0.15, -0.1) is 0 Å². The topological polar surface area (TPSA) is 26.3 Å². The number of hydrogen-bond donors (Lipinski definition) is 0. The molecule has 0 heterocycles. The monoisotopic (exact) mass is 224 g/mol. The van der Waals surface area contributed by atoms with E-state index >= 15 is 0 Å². The minimum Gasteiger partial charge on any atom is -0.459 e. The van der Waals surface area contributed by atoms with Gasteiger partial charge in [-0.05, 0) is 44.4 Å². The van der Waals surface area contributed by atoms with Crippen LogP contribution in [0.15, 0.2) is 0 Å². The number of carbonyl (C=O) groups is 1. The molecule has 0 radical (unpaired) electrons. The van der Waals surface area contributed by atoms with Gasteiger partial charge in [-0.2, -0.15) is 0 Å². The molecule has 0 saturated heterocycles. The van der Waals surface area contributed by atoms with Crippen molar-refractivity contribution in [2.24, 2.45) is 17.8 Å². The zero-order valence-corrected chi connectivity index (χ0v) is 10.8. The highest BCUT2D eigenvalue weighted by atomic mass is 16.6. The zero-order chi connectivity index (χ0) is 11.8. The second-order valence-electron chi connectivity index (χ2n) is 5.78. The summed E-state index contributed by atoms with van der Waals surface area (Å²) in [6.45, 7) is 6.17. The fourth-order valence-electron chi connectivity index (χ4n) is 3.73. The van der Waals surface area contributed by atoms with Crippen molar-refractivity contribution in [2.45, 2.75) is 64.9 Å². The average Bonchev–Trinajstić information content (AvgIpc) is 2.90. The van der Waals surface area contributed by atoms with Gasteiger partial charge in [-0.25, -0.2) is 0 Å². The van der Waals surface area contributed by atoms with Gasteiger partial charge in [0.25, 0.3) is 0 Å². The summed E-state index contributed by atoms with van der Waals surface area (Å²) >= 11 is 0. The zero-order valence-electron chi connectivity index (χ0n) is 10.8. The van der Waals surface area contributed by atoms with Crippen molar-refractivity contribution in [3.05, 3.63) is 0 Å². The molecule has 2 bridgehead atoms. The first kappa shape index (κ1) is 11.9. The Morgan fingerprint density at radius 1 is 1.31 bits per heavy atom. The van der Waals surface area contributed by atoms with E-state index in [1.807, 2.05) is 6.92 Å². The maximum atomic E-state index is 11.5. The Kier molecular flexibility index (Phi) is 3.27. The third-order valence-electron chi connectivity index (χ3n) is 4.86. The number of esters is 1. The quantitative estimate of drug-likeness (QED) is 0.683. The lowest BCUT2D eigenvalue weighted by Gasteiger charge is -2.39. The maximum Gasteiger partial charge on any atom is 0.306 e. The van der Waals surface area contributed by atoms with Crippen molar-refractivity contribution in [3.63, 3.8) is 0 Å². The van der Waals surface area contributed by atoms with Crippen LogP contribution in [0.2, 0.25) is 0 Å². The van der Waals surface area contributed by atoms with E-state index in [0.29, 0.717) is 12.3 Å². The highest BCUT2D eigenvalue weighted by Gasteiger charge is 2.49. The first-order valence-corrected chi connectivity index (χ1v) is 6.81. The highest BCUT2D eigenvalue weighted by Crippen LogP contribution is 2.53. The molecule has 92 valence electrons. The van der Waals surface area contributed by atoms with E-state index in [0.717, 1.165) is 18.3 Å². The summed E-state index contributed by atoms with van der Waals surface area (Å²) in [6, 6.07) is 0. The fourth-order valence-corrected chi connectivity index (χ4v) is 3.73. The van der Waals surface area contributed by atoms with Gasteiger partial charge in [0.05, 0.1) is 0 Å². The molecule has 2 heteroatoms. The Balaban J connectivity index is 2.06. The Labute approximate surface area is 98.7 Å². The molecule has 0 aromatic carbocycles. The Morgan fingerprint density at radius 2 is 2.06 bits per heavy atom. The molecule has 0 N–H and O–H groups in total. The average molecular weight is 224 g/mol. The van der Waals surface area contributed by atoms with E-state index in [1.165, 1.54) is 25.7 Å². The largest absolute Gasteiger partial charge is 0.459 e. The van der Waals surface area contributed by atoms with Gasteiger partial charge < -0.3 is 4.74 Å². The van der Waals surface area contributed by atoms with Gasteiger partial charge >= 0.3 is 5.97 Å². The van der Waals surface area contributed by atoms with Crippen LogP contribution in [0.25, 0.3) is 0 Å². The van der Waals surface area contributed by atoms with Gasteiger partial charge in [-0.1, -0.05) is 20.3 Å². The molecule has 2 fully saturated rings. The minimum absolute atomic E-state index is 0.0351. The number of hydrogen-bond acceptors (Lipinski definition) is 2. The van der Waals surface area contributed by atoms with Crippen molar-refractivity contribution in [1.29, 1.82) is 0 Å². The van der Waals surface area contributed by atoms with Crippen LogP contribution >= 0.6 is 0 Å². The predicted molar refractivity (Wildman–Crippen MR) is 64.0 cm³/mol. The smallest absolute Gasteiger partial charge is 0.306 e. The lowest BCUT2D eigenvalue weighted by Crippen LogP contribution is -2.41. The summed E-state index contributed by atoms with van der Waals surface area (Å²) in [5, 5.41) is 0. The summed E-state index contributed by atoms with van der Waals surface area (Å²) in [5.41, 5.74) is -0.201. The van der Waals surface area contributed by atoms with Crippen molar-refractivity contribution in [2.75, 3.05) is 0 Å². The van der Waals surface area contributed by atoms with E-state index in [2.05, 4.69) is 13.8 Å². The second-order valence-corrected chi connectivity index (χ2v) is 5.78. The van der Waals surface area contributed by atoms with Gasteiger partial charge in [0.2, 0.25) is 0 Å². The van der Waals surface area contributed by atoms with Crippen molar-refractivity contribution in [3.8, 4) is 0 Å². The van der Waals surface area contributed by atoms with Crippen LogP contribution in [-0.4, -0.2) is 11.6 Å². The molecule has 0 amide bonds. The summed E-state index contributed by atoms with van der Waals surface area (Å²) < 4.78 is 5.73. The van der Waals surface area contributed by atoms with Crippen LogP contribution < -0.4 is 0 Å².